The Morgan fingerprint density at radius 3 is 1.29 bits per heavy atom. The van der Waals surface area contributed by atoms with Crippen LogP contribution in [0.4, 0.5) is 0 Å². The van der Waals surface area contributed by atoms with Gasteiger partial charge < -0.3 is 10.2 Å². The molecule has 0 aromatic heterocycles. The maximum Gasteiger partial charge on any atom is 0.121 e. The van der Waals surface area contributed by atoms with E-state index < -0.39 is 10.0 Å². The molecule has 0 unspecified atom stereocenters. The quantitative estimate of drug-likeness (QED) is 0.729. The summed E-state index contributed by atoms with van der Waals surface area (Å²) in [5.74, 6) is 3.25. The minimum atomic E-state index is -1.10. The van der Waals surface area contributed by atoms with Gasteiger partial charge in [0, 0.05) is 0 Å². The van der Waals surface area contributed by atoms with Gasteiger partial charge in [-0.3, -0.25) is 0 Å². The lowest BCUT2D eigenvalue weighted by Gasteiger charge is -2.45. The molecule has 0 bridgehead atoms. The molecule has 2 aromatic rings. The third-order valence-electron chi connectivity index (χ3n) is 5.32. The first-order valence-electron chi connectivity index (χ1n) is 8.74. The van der Waals surface area contributed by atoms with Gasteiger partial charge in [-0.1, -0.05) is 6.42 Å². The molecule has 0 atom stereocenters. The molecular formula is C21H28O2S. The van der Waals surface area contributed by atoms with Crippen LogP contribution in [0.3, 0.4) is 0 Å². The largest absolute Gasteiger partial charge is 0.507 e. The highest BCUT2D eigenvalue weighted by molar-refractivity contribution is 8.33. The van der Waals surface area contributed by atoms with E-state index in [4.69, 9.17) is 0 Å². The van der Waals surface area contributed by atoms with Gasteiger partial charge in [-0.25, -0.2) is 0 Å². The SMILES string of the molecule is Cc1cc(S2(c3cc(C)c(O)c(C)c3)CCCCC2)cc(C)c1O. The lowest BCUT2D eigenvalue weighted by molar-refractivity contribution is 0.466. The second kappa shape index (κ2) is 6.36. The number of phenols is 2. The number of aryl methyl sites for hydroxylation is 4. The fraction of sp³-hybridized carbons (Fsp3) is 0.429. The van der Waals surface area contributed by atoms with Crippen LogP contribution < -0.4 is 0 Å². The number of hydrogen-bond acceptors (Lipinski definition) is 2. The second-order valence-corrected chi connectivity index (χ2v) is 10.7. The third-order valence-corrected chi connectivity index (χ3v) is 9.56. The summed E-state index contributed by atoms with van der Waals surface area (Å²) in [6.45, 7) is 7.98. The van der Waals surface area contributed by atoms with Crippen molar-refractivity contribution in [3.8, 4) is 11.5 Å². The summed E-state index contributed by atoms with van der Waals surface area (Å²) < 4.78 is 0. The van der Waals surface area contributed by atoms with Crippen LogP contribution in [-0.2, 0) is 0 Å². The number of benzene rings is 2. The molecule has 0 spiro atoms. The molecule has 130 valence electrons. The molecule has 1 aliphatic heterocycles. The van der Waals surface area contributed by atoms with Gasteiger partial charge in [0.15, 0.2) is 0 Å². The molecule has 1 heterocycles. The Hall–Kier alpha value is -1.61. The summed E-state index contributed by atoms with van der Waals surface area (Å²) in [6, 6.07) is 8.78. The van der Waals surface area contributed by atoms with Gasteiger partial charge in [0.25, 0.3) is 0 Å². The highest BCUT2D eigenvalue weighted by Gasteiger charge is 2.32. The number of aromatic hydroxyl groups is 2. The van der Waals surface area contributed by atoms with Gasteiger partial charge in [0.1, 0.15) is 11.5 Å². The Bertz CT molecular complexity index is 668. The van der Waals surface area contributed by atoms with Crippen LogP contribution >= 0.6 is 10.0 Å². The molecule has 0 saturated carbocycles. The van der Waals surface area contributed by atoms with Crippen molar-refractivity contribution in [1.82, 2.24) is 0 Å². The molecule has 2 aromatic carbocycles. The summed E-state index contributed by atoms with van der Waals surface area (Å²) in [5.41, 5.74) is 3.87. The summed E-state index contributed by atoms with van der Waals surface area (Å²) in [6.07, 6.45) is 3.82. The zero-order chi connectivity index (χ0) is 17.5. The van der Waals surface area contributed by atoms with Gasteiger partial charge >= 0.3 is 0 Å². The Kier molecular flexibility index (Phi) is 4.56. The normalized spacial score (nSPS) is 18.3. The van der Waals surface area contributed by atoms with E-state index in [0.29, 0.717) is 11.5 Å². The zero-order valence-corrected chi connectivity index (χ0v) is 16.0. The van der Waals surface area contributed by atoms with Crippen molar-refractivity contribution >= 4 is 10.0 Å². The lowest BCUT2D eigenvalue weighted by Crippen LogP contribution is -2.17. The van der Waals surface area contributed by atoms with Crippen LogP contribution in [-0.4, -0.2) is 21.7 Å². The van der Waals surface area contributed by atoms with Crippen LogP contribution in [0.2, 0.25) is 0 Å². The highest BCUT2D eigenvalue weighted by atomic mass is 32.3. The fourth-order valence-electron chi connectivity index (χ4n) is 3.87. The van der Waals surface area contributed by atoms with E-state index in [1.165, 1.54) is 40.6 Å². The average Bonchev–Trinajstić information content (AvgIpc) is 2.57. The van der Waals surface area contributed by atoms with Crippen LogP contribution in [0.5, 0.6) is 11.5 Å². The summed E-state index contributed by atoms with van der Waals surface area (Å²) >= 11 is 0. The van der Waals surface area contributed by atoms with Crippen molar-refractivity contribution in [1.29, 1.82) is 0 Å². The first kappa shape index (κ1) is 17.2. The van der Waals surface area contributed by atoms with Crippen LogP contribution in [0.25, 0.3) is 0 Å². The predicted octanol–water partition coefficient (Wildman–Crippen LogP) is 5.74. The molecule has 2 nitrogen and oxygen atoms in total. The van der Waals surface area contributed by atoms with Crippen molar-refractivity contribution in [2.45, 2.75) is 56.7 Å². The smallest absolute Gasteiger partial charge is 0.121 e. The maximum atomic E-state index is 10.2. The van der Waals surface area contributed by atoms with E-state index in [1.807, 2.05) is 27.7 Å². The van der Waals surface area contributed by atoms with Gasteiger partial charge in [-0.15, -0.1) is 0 Å². The summed E-state index contributed by atoms with van der Waals surface area (Å²) in [5, 5.41) is 20.4. The topological polar surface area (TPSA) is 40.5 Å². The lowest BCUT2D eigenvalue weighted by atomic mass is 10.1. The van der Waals surface area contributed by atoms with E-state index in [9.17, 15) is 10.2 Å². The molecule has 3 rings (SSSR count). The van der Waals surface area contributed by atoms with Crippen LogP contribution in [0, 0.1) is 27.7 Å². The van der Waals surface area contributed by atoms with E-state index in [0.717, 1.165) is 22.3 Å². The molecule has 0 radical (unpaired) electrons. The second-order valence-electron chi connectivity index (χ2n) is 7.16. The predicted molar refractivity (Wildman–Crippen MR) is 103 cm³/mol. The summed E-state index contributed by atoms with van der Waals surface area (Å²) in [4.78, 5) is 2.78. The molecule has 1 fully saturated rings. The zero-order valence-electron chi connectivity index (χ0n) is 15.1. The number of hydrogen-bond donors (Lipinski definition) is 2. The molecule has 3 heteroatoms. The van der Waals surface area contributed by atoms with Crippen molar-refractivity contribution < 1.29 is 10.2 Å². The third kappa shape index (κ3) is 2.79. The number of rotatable bonds is 2. The Balaban J connectivity index is 2.23. The van der Waals surface area contributed by atoms with Gasteiger partial charge in [-0.05, 0) is 108 Å². The fourth-order valence-corrected chi connectivity index (χ4v) is 8.29. The van der Waals surface area contributed by atoms with Crippen LogP contribution in [0.15, 0.2) is 34.1 Å². The molecule has 0 aliphatic carbocycles. The van der Waals surface area contributed by atoms with E-state index in [-0.39, 0.29) is 0 Å². The van der Waals surface area contributed by atoms with Gasteiger partial charge in [-0.2, -0.15) is 10.0 Å². The van der Waals surface area contributed by atoms with Gasteiger partial charge in [0.05, 0.1) is 0 Å². The van der Waals surface area contributed by atoms with Crippen molar-refractivity contribution in [2.24, 2.45) is 0 Å². The number of phenolic OH excluding ortho intramolecular Hbond substituents is 2. The monoisotopic (exact) mass is 344 g/mol. The minimum absolute atomic E-state index is 0.419. The van der Waals surface area contributed by atoms with Gasteiger partial charge in [0.2, 0.25) is 0 Å². The first-order valence-corrected chi connectivity index (χ1v) is 10.7. The average molecular weight is 345 g/mol. The first-order chi connectivity index (χ1) is 11.3. The molecule has 24 heavy (non-hydrogen) atoms. The molecule has 2 N–H and O–H groups in total. The maximum absolute atomic E-state index is 10.2. The van der Waals surface area contributed by atoms with Crippen LogP contribution in [0.1, 0.15) is 41.5 Å². The van der Waals surface area contributed by atoms with Crippen molar-refractivity contribution in [2.75, 3.05) is 11.5 Å². The minimum Gasteiger partial charge on any atom is -0.507 e. The van der Waals surface area contributed by atoms with E-state index in [1.54, 1.807) is 0 Å². The summed E-state index contributed by atoms with van der Waals surface area (Å²) in [7, 11) is -1.10. The standard InChI is InChI=1S/C21H28O2S/c1-14-10-18(11-15(2)20(14)22)24(8-6-5-7-9-24)19-12-16(3)21(23)17(4)13-19/h10-13,22-23H,5-9H2,1-4H3. The molecule has 0 amide bonds. The Labute approximate surface area is 146 Å². The highest BCUT2D eigenvalue weighted by Crippen LogP contribution is 2.66. The van der Waals surface area contributed by atoms with E-state index >= 15 is 0 Å². The van der Waals surface area contributed by atoms with Crippen molar-refractivity contribution in [3.05, 3.63) is 46.5 Å². The molecule has 1 saturated heterocycles. The Morgan fingerprint density at radius 1 is 0.625 bits per heavy atom. The molecule has 1 aliphatic rings. The van der Waals surface area contributed by atoms with E-state index in [2.05, 4.69) is 24.3 Å². The Morgan fingerprint density at radius 2 is 0.958 bits per heavy atom. The molecular weight excluding hydrogens is 316 g/mol. The van der Waals surface area contributed by atoms with Crippen molar-refractivity contribution in [3.63, 3.8) is 0 Å².